The summed E-state index contributed by atoms with van der Waals surface area (Å²) in [5.74, 6) is 0.909. The van der Waals surface area contributed by atoms with Crippen LogP contribution >= 0.6 is 0 Å². The molecule has 1 aromatic heterocycles. The number of aromatic nitrogens is 3. The third-order valence-corrected chi connectivity index (χ3v) is 4.64. The Labute approximate surface area is 150 Å². The Morgan fingerprint density at radius 2 is 2.16 bits per heavy atom. The van der Waals surface area contributed by atoms with E-state index in [9.17, 15) is 0 Å². The molecular weight excluding hydrogens is 314 g/mol. The summed E-state index contributed by atoms with van der Waals surface area (Å²) in [5.41, 5.74) is 2.19. The van der Waals surface area contributed by atoms with Gasteiger partial charge in [0.15, 0.2) is 0 Å². The third-order valence-electron chi connectivity index (χ3n) is 4.64. The summed E-state index contributed by atoms with van der Waals surface area (Å²) >= 11 is 0. The Morgan fingerprint density at radius 1 is 1.32 bits per heavy atom. The smallest absolute Gasteiger partial charge is 0.120 e. The van der Waals surface area contributed by atoms with Crippen molar-refractivity contribution in [2.24, 2.45) is 0 Å². The largest absolute Gasteiger partial charge is 0.497 e. The highest BCUT2D eigenvalue weighted by Gasteiger charge is 2.21. The number of ether oxygens (including phenoxy) is 1. The van der Waals surface area contributed by atoms with Crippen molar-refractivity contribution in [1.29, 1.82) is 0 Å². The first-order valence-electron chi connectivity index (χ1n) is 9.00. The van der Waals surface area contributed by atoms with Crippen LogP contribution in [0.4, 0.5) is 5.69 Å². The number of nitrogens with zero attached hydrogens (tertiary/aromatic N) is 4. The summed E-state index contributed by atoms with van der Waals surface area (Å²) in [4.78, 5) is 2.43. The number of nitrogens with one attached hydrogen (secondary N) is 1. The molecule has 6 heteroatoms. The van der Waals surface area contributed by atoms with E-state index in [4.69, 9.17) is 4.74 Å². The molecule has 1 atom stereocenters. The lowest BCUT2D eigenvalue weighted by molar-refractivity contribution is 0.346. The summed E-state index contributed by atoms with van der Waals surface area (Å²) in [6.45, 7) is 9.24. The average Bonchev–Trinajstić information content (AvgIpc) is 3.10. The van der Waals surface area contributed by atoms with Crippen molar-refractivity contribution >= 4 is 5.69 Å². The van der Waals surface area contributed by atoms with E-state index in [-0.39, 0.29) is 5.54 Å². The number of piperidine rings is 1. The van der Waals surface area contributed by atoms with E-state index >= 15 is 0 Å². The summed E-state index contributed by atoms with van der Waals surface area (Å²) in [6.07, 6.45) is 4.41. The van der Waals surface area contributed by atoms with Gasteiger partial charge in [-0.3, -0.25) is 0 Å². The van der Waals surface area contributed by atoms with Crippen molar-refractivity contribution in [2.45, 2.75) is 51.7 Å². The zero-order chi connectivity index (χ0) is 17.9. The normalized spacial score (nSPS) is 18.4. The molecule has 0 bridgehead atoms. The standard InChI is InChI=1S/C19H29N5O/c1-19(2,3)24-14-16(21-22-24)12-20-15-7-6-10-23(13-15)17-8-5-9-18(11-17)25-4/h5,8-9,11,14-15,20H,6-7,10,12-13H2,1-4H3/t15-/m0/s1. The number of hydrogen-bond acceptors (Lipinski definition) is 5. The van der Waals surface area contributed by atoms with Crippen LogP contribution in [0.2, 0.25) is 0 Å². The van der Waals surface area contributed by atoms with Crippen molar-refractivity contribution in [1.82, 2.24) is 20.3 Å². The molecule has 136 valence electrons. The molecule has 3 rings (SSSR count). The minimum absolute atomic E-state index is 0.0285. The van der Waals surface area contributed by atoms with Crippen LogP contribution in [0.5, 0.6) is 5.75 Å². The van der Waals surface area contributed by atoms with Gasteiger partial charge in [-0.05, 0) is 45.7 Å². The molecule has 1 fully saturated rings. The van der Waals surface area contributed by atoms with E-state index in [1.165, 1.54) is 18.5 Å². The zero-order valence-electron chi connectivity index (χ0n) is 15.7. The molecule has 0 radical (unpaired) electrons. The minimum atomic E-state index is -0.0285. The van der Waals surface area contributed by atoms with Crippen molar-refractivity contribution in [2.75, 3.05) is 25.1 Å². The van der Waals surface area contributed by atoms with Crippen molar-refractivity contribution in [3.8, 4) is 5.75 Å². The van der Waals surface area contributed by atoms with E-state index in [0.29, 0.717) is 6.04 Å². The molecule has 25 heavy (non-hydrogen) atoms. The van der Waals surface area contributed by atoms with Gasteiger partial charge in [0.25, 0.3) is 0 Å². The second-order valence-corrected chi connectivity index (χ2v) is 7.69. The fourth-order valence-electron chi connectivity index (χ4n) is 3.14. The van der Waals surface area contributed by atoms with Crippen molar-refractivity contribution < 1.29 is 4.74 Å². The molecule has 0 spiro atoms. The molecule has 0 unspecified atom stereocenters. The molecule has 2 heterocycles. The Morgan fingerprint density at radius 3 is 2.88 bits per heavy atom. The van der Waals surface area contributed by atoms with Crippen LogP contribution in [0.15, 0.2) is 30.5 Å². The second-order valence-electron chi connectivity index (χ2n) is 7.69. The molecule has 6 nitrogen and oxygen atoms in total. The van der Waals surface area contributed by atoms with Gasteiger partial charge in [0.1, 0.15) is 5.75 Å². The van der Waals surface area contributed by atoms with Crippen molar-refractivity contribution in [3.05, 3.63) is 36.2 Å². The molecule has 1 aliphatic heterocycles. The number of anilines is 1. The highest BCUT2D eigenvalue weighted by Crippen LogP contribution is 2.24. The monoisotopic (exact) mass is 343 g/mol. The maximum Gasteiger partial charge on any atom is 0.120 e. The predicted octanol–water partition coefficient (Wildman–Crippen LogP) is 2.80. The van der Waals surface area contributed by atoms with Crippen LogP contribution in [0.3, 0.4) is 0 Å². The van der Waals surface area contributed by atoms with Gasteiger partial charge in [0, 0.05) is 37.4 Å². The highest BCUT2D eigenvalue weighted by molar-refractivity contribution is 5.51. The van der Waals surface area contributed by atoms with Gasteiger partial charge < -0.3 is 15.0 Å². The zero-order valence-corrected chi connectivity index (χ0v) is 15.7. The van der Waals surface area contributed by atoms with Gasteiger partial charge in [0.2, 0.25) is 0 Å². The lowest BCUT2D eigenvalue weighted by Crippen LogP contribution is -2.45. The molecule has 0 aliphatic carbocycles. The predicted molar refractivity (Wildman–Crippen MR) is 100 cm³/mol. The first kappa shape index (κ1) is 17.7. The molecule has 1 aliphatic rings. The van der Waals surface area contributed by atoms with Gasteiger partial charge in [-0.15, -0.1) is 5.10 Å². The van der Waals surface area contributed by atoms with Crippen molar-refractivity contribution in [3.63, 3.8) is 0 Å². The Kier molecular flexibility index (Phi) is 5.27. The van der Waals surface area contributed by atoms with Gasteiger partial charge in [-0.25, -0.2) is 4.68 Å². The fraction of sp³-hybridized carbons (Fsp3) is 0.579. The van der Waals surface area contributed by atoms with Gasteiger partial charge in [-0.2, -0.15) is 0 Å². The van der Waals surface area contributed by atoms with E-state index < -0.39 is 0 Å². The lowest BCUT2D eigenvalue weighted by atomic mass is 10.0. The summed E-state index contributed by atoms with van der Waals surface area (Å²) in [7, 11) is 1.71. The number of benzene rings is 1. The van der Waals surface area contributed by atoms with Crippen LogP contribution in [-0.4, -0.2) is 41.2 Å². The SMILES string of the molecule is COc1cccc(N2CCC[C@H](NCc3cn(C(C)(C)C)nn3)C2)c1. The Balaban J connectivity index is 1.57. The van der Waals surface area contributed by atoms with E-state index in [1.54, 1.807) is 7.11 Å². The van der Waals surface area contributed by atoms with Crippen LogP contribution in [0, 0.1) is 0 Å². The Bertz CT molecular complexity index is 691. The third kappa shape index (κ3) is 4.51. The minimum Gasteiger partial charge on any atom is -0.497 e. The van der Waals surface area contributed by atoms with Crippen LogP contribution in [0.25, 0.3) is 0 Å². The molecule has 0 saturated carbocycles. The van der Waals surface area contributed by atoms with Crippen LogP contribution < -0.4 is 15.0 Å². The van der Waals surface area contributed by atoms with Gasteiger partial charge in [-0.1, -0.05) is 11.3 Å². The highest BCUT2D eigenvalue weighted by atomic mass is 16.5. The summed E-state index contributed by atoms with van der Waals surface area (Å²) in [6, 6.07) is 8.76. The lowest BCUT2D eigenvalue weighted by Gasteiger charge is -2.35. The first-order valence-corrected chi connectivity index (χ1v) is 9.00. The molecular formula is C19H29N5O. The van der Waals surface area contributed by atoms with E-state index in [1.807, 2.05) is 16.9 Å². The van der Waals surface area contributed by atoms with Gasteiger partial charge >= 0.3 is 0 Å². The summed E-state index contributed by atoms with van der Waals surface area (Å²) in [5, 5.41) is 12.2. The molecule has 0 amide bonds. The number of rotatable bonds is 5. The maximum atomic E-state index is 5.35. The summed E-state index contributed by atoms with van der Waals surface area (Å²) < 4.78 is 7.27. The van der Waals surface area contributed by atoms with E-state index in [2.05, 4.69) is 59.5 Å². The van der Waals surface area contributed by atoms with Gasteiger partial charge in [0.05, 0.1) is 24.5 Å². The first-order chi connectivity index (χ1) is 12.0. The topological polar surface area (TPSA) is 55.2 Å². The molecule has 1 N–H and O–H groups in total. The second kappa shape index (κ2) is 7.44. The Hall–Kier alpha value is -2.08. The number of methoxy groups -OCH3 is 1. The van der Waals surface area contributed by atoms with Crippen LogP contribution in [0.1, 0.15) is 39.3 Å². The average molecular weight is 343 g/mol. The van der Waals surface area contributed by atoms with Crippen LogP contribution in [-0.2, 0) is 12.1 Å². The number of hydrogen-bond donors (Lipinski definition) is 1. The molecule has 1 saturated heterocycles. The maximum absolute atomic E-state index is 5.35. The molecule has 1 aromatic carbocycles. The fourth-order valence-corrected chi connectivity index (χ4v) is 3.14. The quantitative estimate of drug-likeness (QED) is 0.905. The molecule has 2 aromatic rings. The van der Waals surface area contributed by atoms with E-state index in [0.717, 1.165) is 31.1 Å².